The van der Waals surface area contributed by atoms with Crippen LogP contribution in [0.4, 0.5) is 10.5 Å². The largest absolute Gasteiger partial charge is 0.336 e. The smallest absolute Gasteiger partial charge is 0.319 e. The third-order valence-electron chi connectivity index (χ3n) is 2.08. The minimum absolute atomic E-state index is 0.124. The van der Waals surface area contributed by atoms with E-state index in [1.54, 1.807) is 23.0 Å². The van der Waals surface area contributed by atoms with Crippen LogP contribution in [0.1, 0.15) is 13.8 Å². The molecule has 0 radical (unpaired) electrons. The number of fused-ring (bicyclic) bond motifs is 1. The molecule has 5 nitrogen and oxygen atoms in total. The number of carbonyl (C=O) groups is 1. The van der Waals surface area contributed by atoms with E-state index in [9.17, 15) is 4.79 Å². The monoisotopic (exact) mass is 218 g/mol. The fraction of sp³-hybridized carbons (Fsp3) is 0.273. The number of amides is 2. The normalized spacial score (nSPS) is 10.7. The molecule has 0 saturated heterocycles. The molecule has 2 N–H and O–H groups in total. The number of rotatable bonds is 2. The second-order valence-corrected chi connectivity index (χ2v) is 3.87. The van der Waals surface area contributed by atoms with E-state index < -0.39 is 0 Å². The molecule has 0 atom stereocenters. The maximum absolute atomic E-state index is 11.5. The van der Waals surface area contributed by atoms with E-state index >= 15 is 0 Å². The lowest BCUT2D eigenvalue weighted by atomic mass is 10.3. The highest BCUT2D eigenvalue weighted by atomic mass is 16.2. The van der Waals surface area contributed by atoms with Crippen LogP contribution < -0.4 is 10.6 Å². The Bertz CT molecular complexity index is 503. The predicted molar refractivity (Wildman–Crippen MR) is 62.5 cm³/mol. The highest BCUT2D eigenvalue weighted by molar-refractivity contribution is 5.90. The van der Waals surface area contributed by atoms with Gasteiger partial charge in [0.1, 0.15) is 0 Å². The average Bonchev–Trinajstić information content (AvgIpc) is 2.63. The third-order valence-corrected chi connectivity index (χ3v) is 2.08. The Balaban J connectivity index is 2.11. The molecule has 0 aliphatic heterocycles. The predicted octanol–water partition coefficient (Wildman–Crippen LogP) is 1.86. The van der Waals surface area contributed by atoms with Crippen LogP contribution in [0.3, 0.4) is 0 Å². The van der Waals surface area contributed by atoms with E-state index in [0.717, 1.165) is 11.2 Å². The topological polar surface area (TPSA) is 58.4 Å². The molecule has 0 bridgehead atoms. The van der Waals surface area contributed by atoms with Gasteiger partial charge < -0.3 is 10.6 Å². The lowest BCUT2D eigenvalue weighted by Crippen LogP contribution is -2.34. The summed E-state index contributed by atoms with van der Waals surface area (Å²) < 4.78 is 1.74. The molecule has 2 aromatic heterocycles. The summed E-state index contributed by atoms with van der Waals surface area (Å²) in [5.74, 6) is 0. The summed E-state index contributed by atoms with van der Waals surface area (Å²) in [5.41, 5.74) is 1.70. The van der Waals surface area contributed by atoms with Crippen LogP contribution in [0.25, 0.3) is 5.52 Å². The zero-order chi connectivity index (χ0) is 11.5. The van der Waals surface area contributed by atoms with Gasteiger partial charge in [-0.15, -0.1) is 0 Å². The van der Waals surface area contributed by atoms with Gasteiger partial charge in [0.15, 0.2) is 0 Å². The first-order valence-corrected chi connectivity index (χ1v) is 5.16. The molecule has 0 spiro atoms. The average molecular weight is 218 g/mol. The van der Waals surface area contributed by atoms with Crippen LogP contribution in [-0.2, 0) is 0 Å². The molecule has 2 amide bonds. The summed E-state index contributed by atoms with van der Waals surface area (Å²) in [6, 6.07) is 5.48. The van der Waals surface area contributed by atoms with Crippen molar-refractivity contribution in [3.63, 3.8) is 0 Å². The molecule has 0 aromatic carbocycles. The van der Waals surface area contributed by atoms with Crippen LogP contribution in [0, 0.1) is 0 Å². The molecule has 0 saturated carbocycles. The molecule has 0 fully saturated rings. The van der Waals surface area contributed by atoms with E-state index in [0.29, 0.717) is 0 Å². The van der Waals surface area contributed by atoms with Gasteiger partial charge in [0.2, 0.25) is 0 Å². The number of nitrogens with zero attached hydrogens (tertiary/aromatic N) is 2. The number of hydrogen-bond donors (Lipinski definition) is 2. The number of anilines is 1. The van der Waals surface area contributed by atoms with Gasteiger partial charge in [-0.1, -0.05) is 0 Å². The number of carbonyl (C=O) groups excluding carboxylic acids is 1. The van der Waals surface area contributed by atoms with Crippen LogP contribution in [0.2, 0.25) is 0 Å². The maximum atomic E-state index is 11.5. The Morgan fingerprint density at radius 2 is 2.25 bits per heavy atom. The molecule has 0 unspecified atom stereocenters. The van der Waals surface area contributed by atoms with Crippen LogP contribution in [0.5, 0.6) is 0 Å². The van der Waals surface area contributed by atoms with Crippen molar-refractivity contribution < 1.29 is 4.79 Å². The molecule has 16 heavy (non-hydrogen) atoms. The van der Waals surface area contributed by atoms with E-state index in [2.05, 4.69) is 15.7 Å². The minimum Gasteiger partial charge on any atom is -0.336 e. The summed E-state index contributed by atoms with van der Waals surface area (Å²) in [6.07, 6.45) is 3.52. The van der Waals surface area contributed by atoms with E-state index in [-0.39, 0.29) is 12.1 Å². The van der Waals surface area contributed by atoms with Crippen molar-refractivity contribution >= 4 is 17.2 Å². The maximum Gasteiger partial charge on any atom is 0.319 e. The summed E-state index contributed by atoms with van der Waals surface area (Å²) in [5, 5.41) is 9.60. The second kappa shape index (κ2) is 4.22. The van der Waals surface area contributed by atoms with E-state index in [4.69, 9.17) is 0 Å². The highest BCUT2D eigenvalue weighted by Crippen LogP contribution is 2.10. The summed E-state index contributed by atoms with van der Waals surface area (Å²) >= 11 is 0. The van der Waals surface area contributed by atoms with Gasteiger partial charge in [-0.25, -0.2) is 9.31 Å². The molecular weight excluding hydrogens is 204 g/mol. The fourth-order valence-corrected chi connectivity index (χ4v) is 1.43. The second-order valence-electron chi connectivity index (χ2n) is 3.87. The molecule has 2 rings (SSSR count). The lowest BCUT2D eigenvalue weighted by Gasteiger charge is -2.10. The third kappa shape index (κ3) is 2.31. The van der Waals surface area contributed by atoms with Crippen molar-refractivity contribution in [1.29, 1.82) is 0 Å². The van der Waals surface area contributed by atoms with Gasteiger partial charge in [-0.3, -0.25) is 0 Å². The van der Waals surface area contributed by atoms with Crippen LogP contribution >= 0.6 is 0 Å². The first-order chi connectivity index (χ1) is 7.65. The van der Waals surface area contributed by atoms with Gasteiger partial charge in [0, 0.05) is 24.1 Å². The molecule has 0 aliphatic carbocycles. The molecule has 84 valence electrons. The number of hydrogen-bond acceptors (Lipinski definition) is 2. The zero-order valence-electron chi connectivity index (χ0n) is 9.27. The van der Waals surface area contributed by atoms with E-state index in [1.807, 2.05) is 26.0 Å². The zero-order valence-corrected chi connectivity index (χ0v) is 9.27. The highest BCUT2D eigenvalue weighted by Gasteiger charge is 2.03. The fourth-order valence-electron chi connectivity index (χ4n) is 1.43. The van der Waals surface area contributed by atoms with Crippen molar-refractivity contribution in [2.45, 2.75) is 19.9 Å². The Kier molecular flexibility index (Phi) is 2.76. The minimum atomic E-state index is -0.195. The Morgan fingerprint density at radius 1 is 1.44 bits per heavy atom. The summed E-state index contributed by atoms with van der Waals surface area (Å²) in [7, 11) is 0. The van der Waals surface area contributed by atoms with Gasteiger partial charge in [-0.2, -0.15) is 5.10 Å². The lowest BCUT2D eigenvalue weighted by molar-refractivity contribution is 0.250. The molecule has 2 heterocycles. The van der Waals surface area contributed by atoms with Gasteiger partial charge in [0.25, 0.3) is 0 Å². The van der Waals surface area contributed by atoms with Crippen LogP contribution in [-0.4, -0.2) is 21.7 Å². The van der Waals surface area contributed by atoms with Gasteiger partial charge in [-0.05, 0) is 32.0 Å². The van der Waals surface area contributed by atoms with Crippen molar-refractivity contribution in [2.24, 2.45) is 0 Å². The number of pyridine rings is 1. The van der Waals surface area contributed by atoms with Crippen molar-refractivity contribution in [2.75, 3.05) is 5.32 Å². The standard InChI is InChI=1S/C11H14N4O/c1-8(2)13-11(16)14-9-4-6-15-10(7-9)3-5-12-15/h3-8H,1-2H3,(H2,13,14,16). The van der Waals surface area contributed by atoms with Crippen molar-refractivity contribution in [1.82, 2.24) is 14.9 Å². The molecular formula is C11H14N4O. The molecule has 0 aliphatic rings. The number of aromatic nitrogens is 2. The quantitative estimate of drug-likeness (QED) is 0.808. The molecule has 5 heteroatoms. The Labute approximate surface area is 93.5 Å². The number of nitrogens with one attached hydrogen (secondary N) is 2. The Morgan fingerprint density at radius 3 is 3.00 bits per heavy atom. The van der Waals surface area contributed by atoms with Gasteiger partial charge >= 0.3 is 6.03 Å². The SMILES string of the molecule is CC(C)NC(=O)Nc1ccn2nccc2c1. The first-order valence-electron chi connectivity index (χ1n) is 5.16. The number of urea groups is 1. The summed E-state index contributed by atoms with van der Waals surface area (Å²) in [4.78, 5) is 11.5. The van der Waals surface area contributed by atoms with Crippen LogP contribution in [0.15, 0.2) is 30.6 Å². The van der Waals surface area contributed by atoms with Crippen molar-refractivity contribution in [3.05, 3.63) is 30.6 Å². The molecule has 2 aromatic rings. The summed E-state index contributed by atoms with van der Waals surface area (Å²) in [6.45, 7) is 3.83. The van der Waals surface area contributed by atoms with Crippen molar-refractivity contribution in [3.8, 4) is 0 Å². The first kappa shape index (κ1) is 10.5. The Hall–Kier alpha value is -2.04. The van der Waals surface area contributed by atoms with Gasteiger partial charge in [0.05, 0.1) is 5.52 Å². The van der Waals surface area contributed by atoms with E-state index in [1.165, 1.54) is 0 Å².